The molecule has 2 heterocycles. The quantitative estimate of drug-likeness (QED) is 0.906. The summed E-state index contributed by atoms with van der Waals surface area (Å²) in [7, 11) is 0. The van der Waals surface area contributed by atoms with Crippen LogP contribution in [0.25, 0.3) is 11.0 Å². The van der Waals surface area contributed by atoms with Crippen LogP contribution in [-0.4, -0.2) is 22.1 Å². The maximum absolute atomic E-state index is 6.14. The lowest BCUT2D eigenvalue weighted by molar-refractivity contribution is 0.507. The number of nitrogens with zero attached hydrogens (tertiary/aromatic N) is 2. The van der Waals surface area contributed by atoms with Crippen LogP contribution >= 0.6 is 11.6 Å². The van der Waals surface area contributed by atoms with Gasteiger partial charge in [-0.05, 0) is 51.9 Å². The first-order valence-electron chi connectivity index (χ1n) is 6.98. The predicted molar refractivity (Wildman–Crippen MR) is 80.0 cm³/mol. The van der Waals surface area contributed by atoms with E-state index in [1.807, 2.05) is 18.2 Å². The Kier molecular flexibility index (Phi) is 3.27. The first-order valence-corrected chi connectivity index (χ1v) is 7.36. The smallest absolute Gasteiger partial charge is 0.114 e. The standard InChI is InChI=1S/C15H20ClN3/c1-9(2)19-14-8-11(16)4-5-13(14)18-15(19)12-6-7-17-10(12)3/h4-5,8-10,12,17H,6-7H2,1-3H3. The molecule has 3 nitrogen and oxygen atoms in total. The van der Waals surface area contributed by atoms with Gasteiger partial charge in [0.25, 0.3) is 0 Å². The molecule has 1 N–H and O–H groups in total. The number of halogens is 1. The summed E-state index contributed by atoms with van der Waals surface area (Å²) in [6.45, 7) is 7.74. The molecule has 0 spiro atoms. The Labute approximate surface area is 119 Å². The van der Waals surface area contributed by atoms with Gasteiger partial charge >= 0.3 is 0 Å². The van der Waals surface area contributed by atoms with E-state index in [1.165, 1.54) is 5.82 Å². The molecule has 1 aromatic carbocycles. The zero-order valence-electron chi connectivity index (χ0n) is 11.7. The van der Waals surface area contributed by atoms with E-state index < -0.39 is 0 Å². The number of fused-ring (bicyclic) bond motifs is 1. The maximum Gasteiger partial charge on any atom is 0.114 e. The van der Waals surface area contributed by atoms with Crippen molar-refractivity contribution in [2.45, 2.75) is 45.2 Å². The summed E-state index contributed by atoms with van der Waals surface area (Å²) in [4.78, 5) is 4.87. The van der Waals surface area contributed by atoms with Crippen LogP contribution in [0.2, 0.25) is 5.02 Å². The first kappa shape index (κ1) is 12.9. The highest BCUT2D eigenvalue weighted by atomic mass is 35.5. The second-order valence-electron chi connectivity index (χ2n) is 5.70. The molecule has 0 radical (unpaired) electrons. The van der Waals surface area contributed by atoms with Crippen molar-refractivity contribution >= 4 is 22.6 Å². The number of aromatic nitrogens is 2. The van der Waals surface area contributed by atoms with E-state index in [0.29, 0.717) is 18.0 Å². The van der Waals surface area contributed by atoms with Gasteiger partial charge in [0.2, 0.25) is 0 Å². The molecule has 0 saturated carbocycles. The molecular weight excluding hydrogens is 258 g/mol. The molecule has 2 unspecified atom stereocenters. The van der Waals surface area contributed by atoms with Crippen molar-refractivity contribution in [2.24, 2.45) is 0 Å². The van der Waals surface area contributed by atoms with Gasteiger partial charge in [0.1, 0.15) is 5.82 Å². The number of nitrogens with one attached hydrogen (secondary N) is 1. The largest absolute Gasteiger partial charge is 0.325 e. The van der Waals surface area contributed by atoms with E-state index in [4.69, 9.17) is 16.6 Å². The van der Waals surface area contributed by atoms with Gasteiger partial charge < -0.3 is 9.88 Å². The fraction of sp³-hybridized carbons (Fsp3) is 0.533. The van der Waals surface area contributed by atoms with E-state index in [0.717, 1.165) is 29.0 Å². The molecule has 1 aliphatic rings. The zero-order valence-corrected chi connectivity index (χ0v) is 12.4. The number of hydrogen-bond acceptors (Lipinski definition) is 2. The van der Waals surface area contributed by atoms with Crippen molar-refractivity contribution in [3.63, 3.8) is 0 Å². The highest BCUT2D eigenvalue weighted by Crippen LogP contribution is 2.33. The third-order valence-electron chi connectivity index (χ3n) is 4.05. The average Bonchev–Trinajstić information content (AvgIpc) is 2.91. The Bertz CT molecular complexity index is 603. The molecule has 4 heteroatoms. The van der Waals surface area contributed by atoms with Crippen molar-refractivity contribution in [1.29, 1.82) is 0 Å². The minimum absolute atomic E-state index is 0.395. The topological polar surface area (TPSA) is 29.9 Å². The van der Waals surface area contributed by atoms with Gasteiger partial charge in [-0.3, -0.25) is 0 Å². The van der Waals surface area contributed by atoms with Crippen LogP contribution in [0.15, 0.2) is 18.2 Å². The van der Waals surface area contributed by atoms with E-state index in [-0.39, 0.29) is 0 Å². The number of imidazole rings is 1. The molecule has 0 amide bonds. The molecule has 1 fully saturated rings. The van der Waals surface area contributed by atoms with Crippen molar-refractivity contribution in [1.82, 2.24) is 14.9 Å². The van der Waals surface area contributed by atoms with Crippen LogP contribution in [0, 0.1) is 0 Å². The van der Waals surface area contributed by atoms with Crippen LogP contribution in [0.1, 0.15) is 45.0 Å². The van der Waals surface area contributed by atoms with Crippen LogP contribution in [0.4, 0.5) is 0 Å². The Morgan fingerprint density at radius 1 is 1.42 bits per heavy atom. The van der Waals surface area contributed by atoms with Crippen molar-refractivity contribution in [2.75, 3.05) is 6.54 Å². The average molecular weight is 278 g/mol. The van der Waals surface area contributed by atoms with E-state index in [9.17, 15) is 0 Å². The van der Waals surface area contributed by atoms with Crippen molar-refractivity contribution < 1.29 is 0 Å². The minimum atomic E-state index is 0.395. The summed E-state index contributed by atoms with van der Waals surface area (Å²) in [5.41, 5.74) is 2.20. The monoisotopic (exact) mass is 277 g/mol. The summed E-state index contributed by atoms with van der Waals surface area (Å²) in [6, 6.07) is 6.85. The molecule has 0 bridgehead atoms. The molecule has 2 atom stereocenters. The second-order valence-corrected chi connectivity index (χ2v) is 6.14. The minimum Gasteiger partial charge on any atom is -0.325 e. The van der Waals surface area contributed by atoms with Gasteiger partial charge in [0.05, 0.1) is 11.0 Å². The predicted octanol–water partition coefficient (Wildman–Crippen LogP) is 3.74. The Balaban J connectivity index is 2.20. The lowest BCUT2D eigenvalue weighted by atomic mass is 10.0. The summed E-state index contributed by atoms with van der Waals surface area (Å²) >= 11 is 6.14. The summed E-state index contributed by atoms with van der Waals surface area (Å²) in [5, 5.41) is 4.29. The van der Waals surface area contributed by atoms with Gasteiger partial charge in [-0.25, -0.2) is 4.98 Å². The van der Waals surface area contributed by atoms with Crippen molar-refractivity contribution in [3.8, 4) is 0 Å². The van der Waals surface area contributed by atoms with E-state index in [1.54, 1.807) is 0 Å². The third kappa shape index (κ3) is 2.15. The third-order valence-corrected chi connectivity index (χ3v) is 4.29. The normalized spacial score (nSPS) is 23.6. The second kappa shape index (κ2) is 4.80. The molecule has 102 valence electrons. The van der Waals surface area contributed by atoms with Gasteiger partial charge in [0.15, 0.2) is 0 Å². The van der Waals surface area contributed by atoms with Crippen LogP contribution < -0.4 is 5.32 Å². The van der Waals surface area contributed by atoms with Gasteiger partial charge in [0, 0.05) is 23.0 Å². The number of benzene rings is 1. The molecule has 19 heavy (non-hydrogen) atoms. The highest BCUT2D eigenvalue weighted by molar-refractivity contribution is 6.31. The van der Waals surface area contributed by atoms with E-state index in [2.05, 4.69) is 30.7 Å². The lowest BCUT2D eigenvalue weighted by Gasteiger charge is -2.19. The fourth-order valence-electron chi connectivity index (χ4n) is 3.10. The van der Waals surface area contributed by atoms with Gasteiger partial charge in [-0.15, -0.1) is 0 Å². The van der Waals surface area contributed by atoms with Crippen molar-refractivity contribution in [3.05, 3.63) is 29.0 Å². The van der Waals surface area contributed by atoms with Gasteiger partial charge in [-0.2, -0.15) is 0 Å². The molecule has 3 rings (SSSR count). The lowest BCUT2D eigenvalue weighted by Crippen LogP contribution is -2.24. The van der Waals surface area contributed by atoms with Crippen LogP contribution in [0.3, 0.4) is 0 Å². The van der Waals surface area contributed by atoms with Crippen LogP contribution in [-0.2, 0) is 0 Å². The SMILES string of the molecule is CC1NCCC1c1nc2ccc(Cl)cc2n1C(C)C. The number of rotatable bonds is 2. The summed E-state index contributed by atoms with van der Waals surface area (Å²) in [6.07, 6.45) is 1.16. The number of hydrogen-bond donors (Lipinski definition) is 1. The Morgan fingerprint density at radius 3 is 2.84 bits per heavy atom. The molecule has 1 aromatic heterocycles. The zero-order chi connectivity index (χ0) is 13.6. The molecule has 0 aliphatic carbocycles. The molecular formula is C15H20ClN3. The highest BCUT2D eigenvalue weighted by Gasteiger charge is 2.30. The molecule has 2 aromatic rings. The van der Waals surface area contributed by atoms with Crippen LogP contribution in [0.5, 0.6) is 0 Å². The maximum atomic E-state index is 6.14. The molecule has 1 aliphatic heterocycles. The Hall–Kier alpha value is -1.06. The fourth-order valence-corrected chi connectivity index (χ4v) is 3.27. The van der Waals surface area contributed by atoms with Gasteiger partial charge in [-0.1, -0.05) is 11.6 Å². The summed E-state index contributed by atoms with van der Waals surface area (Å²) < 4.78 is 2.34. The Morgan fingerprint density at radius 2 is 2.21 bits per heavy atom. The van der Waals surface area contributed by atoms with E-state index >= 15 is 0 Å². The molecule has 1 saturated heterocycles. The first-order chi connectivity index (χ1) is 9.08. The summed E-state index contributed by atoms with van der Waals surface area (Å²) in [5.74, 6) is 1.69.